The van der Waals surface area contributed by atoms with Gasteiger partial charge in [0.15, 0.2) is 5.76 Å². The summed E-state index contributed by atoms with van der Waals surface area (Å²) in [6.07, 6.45) is 5.94. The SMILES string of the molecule is O=C(NC1CCc2cn[nH]c2C1)c1cnoc1-c1ccccc1. The molecule has 2 aromatic heterocycles. The standard InChI is InChI=1S/C17H16N4O2/c22-17(20-13-7-6-12-9-18-21-15(12)8-13)14-10-19-23-16(14)11-4-2-1-3-5-11/h1-5,9-10,13H,6-8H2,(H,18,21)(H,20,22). The van der Waals surface area contributed by atoms with Gasteiger partial charge < -0.3 is 9.84 Å². The molecule has 2 N–H and O–H groups in total. The van der Waals surface area contributed by atoms with E-state index in [0.717, 1.165) is 30.5 Å². The van der Waals surface area contributed by atoms with Gasteiger partial charge in [-0.2, -0.15) is 5.10 Å². The Morgan fingerprint density at radius 1 is 1.26 bits per heavy atom. The highest BCUT2D eigenvalue weighted by molar-refractivity contribution is 5.99. The fourth-order valence-electron chi connectivity index (χ4n) is 2.99. The number of aryl methyl sites for hydroxylation is 1. The van der Waals surface area contributed by atoms with E-state index in [2.05, 4.69) is 20.7 Å². The van der Waals surface area contributed by atoms with Gasteiger partial charge in [0.2, 0.25) is 0 Å². The Morgan fingerprint density at radius 2 is 2.13 bits per heavy atom. The third-order valence-electron chi connectivity index (χ3n) is 4.21. The maximum Gasteiger partial charge on any atom is 0.257 e. The highest BCUT2D eigenvalue weighted by Crippen LogP contribution is 2.24. The van der Waals surface area contributed by atoms with Crippen LogP contribution in [0.4, 0.5) is 0 Å². The molecular weight excluding hydrogens is 292 g/mol. The number of hydrogen-bond donors (Lipinski definition) is 2. The monoisotopic (exact) mass is 308 g/mol. The molecule has 0 saturated carbocycles. The second kappa shape index (κ2) is 5.72. The predicted octanol–water partition coefficient (Wildman–Crippen LogP) is 2.35. The van der Waals surface area contributed by atoms with Crippen molar-refractivity contribution in [2.45, 2.75) is 25.3 Å². The highest BCUT2D eigenvalue weighted by Gasteiger charge is 2.24. The topological polar surface area (TPSA) is 83.8 Å². The number of hydrogen-bond acceptors (Lipinski definition) is 4. The molecule has 3 aromatic rings. The van der Waals surface area contributed by atoms with Gasteiger partial charge in [-0.1, -0.05) is 35.5 Å². The Hall–Kier alpha value is -2.89. The summed E-state index contributed by atoms with van der Waals surface area (Å²) >= 11 is 0. The summed E-state index contributed by atoms with van der Waals surface area (Å²) in [4.78, 5) is 12.6. The van der Waals surface area contributed by atoms with Gasteiger partial charge in [-0.3, -0.25) is 9.89 Å². The Kier molecular flexibility index (Phi) is 3.42. The Bertz CT molecular complexity index is 822. The maximum atomic E-state index is 12.6. The maximum absolute atomic E-state index is 12.6. The number of aromatic amines is 1. The first-order chi connectivity index (χ1) is 11.3. The summed E-state index contributed by atoms with van der Waals surface area (Å²) in [5.41, 5.74) is 3.65. The molecule has 116 valence electrons. The number of carbonyl (C=O) groups is 1. The largest absolute Gasteiger partial charge is 0.355 e. The van der Waals surface area contributed by atoms with E-state index in [0.29, 0.717) is 11.3 Å². The highest BCUT2D eigenvalue weighted by atomic mass is 16.5. The molecule has 0 bridgehead atoms. The summed E-state index contributed by atoms with van der Waals surface area (Å²) in [6.45, 7) is 0. The first-order valence-corrected chi connectivity index (χ1v) is 7.63. The molecule has 0 spiro atoms. The van der Waals surface area contributed by atoms with Gasteiger partial charge in [0.05, 0.1) is 12.4 Å². The number of nitrogens with zero attached hydrogens (tertiary/aromatic N) is 2. The zero-order valence-electron chi connectivity index (χ0n) is 12.5. The van der Waals surface area contributed by atoms with Crippen molar-refractivity contribution in [1.29, 1.82) is 0 Å². The average molecular weight is 308 g/mol. The van der Waals surface area contributed by atoms with E-state index in [1.807, 2.05) is 36.5 Å². The Balaban J connectivity index is 1.52. The molecule has 6 heteroatoms. The third kappa shape index (κ3) is 2.63. The Labute approximate surface area is 132 Å². The summed E-state index contributed by atoms with van der Waals surface area (Å²) in [7, 11) is 0. The fourth-order valence-corrected chi connectivity index (χ4v) is 2.99. The van der Waals surface area contributed by atoms with Gasteiger partial charge in [-0.05, 0) is 18.4 Å². The molecule has 1 atom stereocenters. The summed E-state index contributed by atoms with van der Waals surface area (Å²) in [5.74, 6) is 0.346. The van der Waals surface area contributed by atoms with E-state index in [-0.39, 0.29) is 11.9 Å². The smallest absolute Gasteiger partial charge is 0.257 e. The minimum Gasteiger partial charge on any atom is -0.355 e. The molecule has 4 rings (SSSR count). The van der Waals surface area contributed by atoms with Gasteiger partial charge in [-0.25, -0.2) is 0 Å². The number of nitrogens with one attached hydrogen (secondary N) is 2. The van der Waals surface area contributed by atoms with Crippen LogP contribution in [0.2, 0.25) is 0 Å². The van der Waals surface area contributed by atoms with Crippen LogP contribution in [0, 0.1) is 0 Å². The van der Waals surface area contributed by atoms with Crippen molar-refractivity contribution in [2.24, 2.45) is 0 Å². The number of rotatable bonds is 3. The lowest BCUT2D eigenvalue weighted by Crippen LogP contribution is -2.38. The first-order valence-electron chi connectivity index (χ1n) is 7.63. The van der Waals surface area contributed by atoms with Crippen molar-refractivity contribution in [1.82, 2.24) is 20.7 Å². The number of carbonyl (C=O) groups excluding carboxylic acids is 1. The van der Waals surface area contributed by atoms with E-state index in [9.17, 15) is 4.79 Å². The molecule has 1 unspecified atom stereocenters. The van der Waals surface area contributed by atoms with Crippen molar-refractivity contribution < 1.29 is 9.32 Å². The number of aromatic nitrogens is 3. The number of amides is 1. The average Bonchev–Trinajstić information content (AvgIpc) is 3.24. The Morgan fingerprint density at radius 3 is 3.00 bits per heavy atom. The van der Waals surface area contributed by atoms with Gasteiger partial charge in [0.25, 0.3) is 5.91 Å². The van der Waals surface area contributed by atoms with Crippen molar-refractivity contribution in [3.8, 4) is 11.3 Å². The summed E-state index contributed by atoms with van der Waals surface area (Å²) in [6, 6.07) is 9.61. The van der Waals surface area contributed by atoms with Crippen LogP contribution in [0.15, 0.2) is 47.2 Å². The molecule has 1 aliphatic carbocycles. The van der Waals surface area contributed by atoms with Crippen molar-refractivity contribution in [3.05, 3.63) is 59.5 Å². The van der Waals surface area contributed by atoms with Crippen LogP contribution in [0.5, 0.6) is 0 Å². The van der Waals surface area contributed by atoms with Crippen LogP contribution >= 0.6 is 0 Å². The lowest BCUT2D eigenvalue weighted by Gasteiger charge is -2.22. The second-order valence-corrected chi connectivity index (χ2v) is 5.72. The quantitative estimate of drug-likeness (QED) is 0.778. The van der Waals surface area contributed by atoms with Gasteiger partial charge in [0.1, 0.15) is 5.56 Å². The second-order valence-electron chi connectivity index (χ2n) is 5.72. The normalized spacial score (nSPS) is 16.8. The molecule has 0 radical (unpaired) electrons. The minimum atomic E-state index is -0.155. The summed E-state index contributed by atoms with van der Waals surface area (Å²) in [5, 5.41) is 13.9. The molecule has 2 heterocycles. The number of H-pyrrole nitrogens is 1. The van der Waals surface area contributed by atoms with E-state index in [4.69, 9.17) is 4.52 Å². The van der Waals surface area contributed by atoms with Crippen LogP contribution in [0.3, 0.4) is 0 Å². The lowest BCUT2D eigenvalue weighted by atomic mass is 9.93. The van der Waals surface area contributed by atoms with Gasteiger partial charge >= 0.3 is 0 Å². The van der Waals surface area contributed by atoms with E-state index < -0.39 is 0 Å². The summed E-state index contributed by atoms with van der Waals surface area (Å²) < 4.78 is 5.28. The zero-order valence-corrected chi connectivity index (χ0v) is 12.5. The van der Waals surface area contributed by atoms with Crippen LogP contribution in [0.25, 0.3) is 11.3 Å². The number of fused-ring (bicyclic) bond motifs is 1. The number of benzene rings is 1. The molecule has 1 aliphatic rings. The lowest BCUT2D eigenvalue weighted by molar-refractivity contribution is 0.0933. The molecule has 0 saturated heterocycles. The van der Waals surface area contributed by atoms with E-state index in [1.54, 1.807) is 0 Å². The van der Waals surface area contributed by atoms with Gasteiger partial charge in [-0.15, -0.1) is 0 Å². The fraction of sp³-hybridized carbons (Fsp3) is 0.235. The van der Waals surface area contributed by atoms with Crippen molar-refractivity contribution >= 4 is 5.91 Å². The predicted molar refractivity (Wildman–Crippen MR) is 83.8 cm³/mol. The van der Waals surface area contributed by atoms with Crippen molar-refractivity contribution in [3.63, 3.8) is 0 Å². The van der Waals surface area contributed by atoms with Crippen LogP contribution in [-0.2, 0) is 12.8 Å². The van der Waals surface area contributed by atoms with Gasteiger partial charge in [0, 0.05) is 23.7 Å². The first kappa shape index (κ1) is 13.8. The van der Waals surface area contributed by atoms with Crippen LogP contribution < -0.4 is 5.32 Å². The molecule has 1 aromatic carbocycles. The van der Waals surface area contributed by atoms with Crippen LogP contribution in [-0.4, -0.2) is 27.3 Å². The van der Waals surface area contributed by atoms with Crippen LogP contribution in [0.1, 0.15) is 28.0 Å². The van der Waals surface area contributed by atoms with Crippen molar-refractivity contribution in [2.75, 3.05) is 0 Å². The minimum absolute atomic E-state index is 0.0916. The molecular formula is C17H16N4O2. The van der Waals surface area contributed by atoms with E-state index >= 15 is 0 Å². The third-order valence-corrected chi connectivity index (χ3v) is 4.21. The molecule has 0 fully saturated rings. The molecule has 0 aliphatic heterocycles. The molecule has 6 nitrogen and oxygen atoms in total. The zero-order chi connectivity index (χ0) is 15.6. The molecule has 1 amide bonds. The van der Waals surface area contributed by atoms with E-state index in [1.165, 1.54) is 11.8 Å². The molecule has 23 heavy (non-hydrogen) atoms.